The third-order valence-electron chi connectivity index (χ3n) is 3.99. The first kappa shape index (κ1) is 17.2. The van der Waals surface area contributed by atoms with Crippen LogP contribution in [0.25, 0.3) is 11.0 Å². The fourth-order valence-electron chi connectivity index (χ4n) is 2.53. The second-order valence-electron chi connectivity index (χ2n) is 7.29. The van der Waals surface area contributed by atoms with Gasteiger partial charge < -0.3 is 14.6 Å². The van der Waals surface area contributed by atoms with Gasteiger partial charge in [0.2, 0.25) is 5.95 Å². The third kappa shape index (κ3) is 3.57. The fourth-order valence-corrected chi connectivity index (χ4v) is 2.53. The molecule has 2 amide bonds. The van der Waals surface area contributed by atoms with Crippen LogP contribution < -0.4 is 10.6 Å². The molecule has 1 heterocycles. The molecule has 2 aromatic rings. The molecule has 1 saturated carbocycles. The summed E-state index contributed by atoms with van der Waals surface area (Å²) in [4.78, 5) is 28.8. The number of amides is 2. The second kappa shape index (κ2) is 5.72. The number of rotatable bonds is 3. The Kier molecular flexibility index (Phi) is 3.93. The molecule has 134 valence electrons. The van der Waals surface area contributed by atoms with E-state index >= 15 is 0 Å². The van der Waals surface area contributed by atoms with Crippen LogP contribution >= 0.6 is 0 Å². The summed E-state index contributed by atoms with van der Waals surface area (Å²) < 4.78 is 20.2. The van der Waals surface area contributed by atoms with Crippen LogP contribution in [-0.4, -0.2) is 32.7 Å². The van der Waals surface area contributed by atoms with E-state index in [1.54, 1.807) is 38.5 Å². The topological polar surface area (TPSA) is 85.2 Å². The van der Waals surface area contributed by atoms with Gasteiger partial charge in [0.1, 0.15) is 17.0 Å². The lowest BCUT2D eigenvalue weighted by atomic mass is 10.2. The van der Waals surface area contributed by atoms with Gasteiger partial charge in [-0.1, -0.05) is 0 Å². The molecule has 2 N–H and O–H groups in total. The molecule has 25 heavy (non-hydrogen) atoms. The van der Waals surface area contributed by atoms with Crippen LogP contribution in [0.2, 0.25) is 0 Å². The van der Waals surface area contributed by atoms with E-state index < -0.39 is 17.2 Å². The molecule has 1 aliphatic carbocycles. The number of alkyl carbamates (subject to hydrolysis) is 1. The monoisotopic (exact) mass is 348 g/mol. The SMILES string of the molecule is Cn1c(NC(=O)C2(NC(=O)OC(C)(C)C)CC2)nc2ccc(F)cc21. The smallest absolute Gasteiger partial charge is 0.408 e. The number of fused-ring (bicyclic) bond motifs is 1. The van der Waals surface area contributed by atoms with E-state index in [-0.39, 0.29) is 11.7 Å². The van der Waals surface area contributed by atoms with Crippen molar-refractivity contribution < 1.29 is 18.7 Å². The lowest BCUT2D eigenvalue weighted by Gasteiger charge is -2.23. The van der Waals surface area contributed by atoms with Gasteiger partial charge in [-0.05, 0) is 51.8 Å². The maximum absolute atomic E-state index is 13.4. The Morgan fingerprint density at radius 1 is 1.32 bits per heavy atom. The molecule has 0 bridgehead atoms. The molecule has 8 heteroatoms. The predicted octanol–water partition coefficient (Wildman–Crippen LogP) is 2.71. The first-order chi connectivity index (χ1) is 11.6. The van der Waals surface area contributed by atoms with E-state index in [1.165, 1.54) is 12.1 Å². The summed E-state index contributed by atoms with van der Waals surface area (Å²) in [5, 5.41) is 5.35. The Labute approximate surface area is 144 Å². The summed E-state index contributed by atoms with van der Waals surface area (Å²) in [6.45, 7) is 5.26. The minimum atomic E-state index is -0.980. The molecule has 0 saturated heterocycles. The van der Waals surface area contributed by atoms with Gasteiger partial charge in [-0.25, -0.2) is 14.2 Å². The average molecular weight is 348 g/mol. The van der Waals surface area contributed by atoms with Crippen LogP contribution in [0.4, 0.5) is 15.1 Å². The van der Waals surface area contributed by atoms with Gasteiger partial charge in [0, 0.05) is 7.05 Å². The Morgan fingerprint density at radius 2 is 2.00 bits per heavy atom. The van der Waals surface area contributed by atoms with E-state index in [2.05, 4.69) is 15.6 Å². The maximum Gasteiger partial charge on any atom is 0.408 e. The van der Waals surface area contributed by atoms with Gasteiger partial charge in [0.15, 0.2) is 0 Å². The number of ether oxygens (including phenoxy) is 1. The summed E-state index contributed by atoms with van der Waals surface area (Å²) in [7, 11) is 1.69. The number of carbonyl (C=O) groups excluding carboxylic acids is 2. The Hall–Kier alpha value is -2.64. The Bertz CT molecular complexity index is 849. The Balaban J connectivity index is 1.74. The van der Waals surface area contributed by atoms with Crippen molar-refractivity contribution in [3.63, 3.8) is 0 Å². The Morgan fingerprint density at radius 3 is 2.60 bits per heavy atom. The summed E-state index contributed by atoms with van der Waals surface area (Å²) in [6, 6.07) is 4.21. The van der Waals surface area contributed by atoms with Crippen molar-refractivity contribution >= 4 is 29.0 Å². The molecule has 3 rings (SSSR count). The number of aryl methyl sites for hydroxylation is 1. The van der Waals surface area contributed by atoms with Gasteiger partial charge in [-0.3, -0.25) is 10.1 Å². The van der Waals surface area contributed by atoms with Crippen molar-refractivity contribution in [2.45, 2.75) is 44.8 Å². The van der Waals surface area contributed by atoms with E-state index in [4.69, 9.17) is 4.74 Å². The van der Waals surface area contributed by atoms with Crippen LogP contribution in [0.1, 0.15) is 33.6 Å². The molecule has 1 aliphatic rings. The van der Waals surface area contributed by atoms with Gasteiger partial charge in [0.25, 0.3) is 5.91 Å². The summed E-state index contributed by atoms with van der Waals surface area (Å²) >= 11 is 0. The zero-order valence-corrected chi connectivity index (χ0v) is 14.6. The number of nitrogens with one attached hydrogen (secondary N) is 2. The molecular formula is C17H21FN4O3. The predicted molar refractivity (Wildman–Crippen MR) is 90.6 cm³/mol. The van der Waals surface area contributed by atoms with Crippen molar-refractivity contribution in [1.82, 2.24) is 14.9 Å². The van der Waals surface area contributed by atoms with Gasteiger partial charge in [-0.2, -0.15) is 0 Å². The normalized spacial score (nSPS) is 15.7. The van der Waals surface area contributed by atoms with Crippen molar-refractivity contribution in [3.05, 3.63) is 24.0 Å². The quantitative estimate of drug-likeness (QED) is 0.893. The second-order valence-corrected chi connectivity index (χ2v) is 7.29. The molecule has 1 fully saturated rings. The number of imidazole rings is 1. The van der Waals surface area contributed by atoms with Crippen LogP contribution in [0, 0.1) is 5.82 Å². The van der Waals surface area contributed by atoms with Crippen molar-refractivity contribution in [2.24, 2.45) is 7.05 Å². The number of hydrogen-bond acceptors (Lipinski definition) is 4. The molecule has 0 aliphatic heterocycles. The van der Waals surface area contributed by atoms with E-state index in [0.717, 1.165) is 0 Å². The zero-order chi connectivity index (χ0) is 18.4. The summed E-state index contributed by atoms with van der Waals surface area (Å²) in [5.74, 6) is -0.446. The number of aromatic nitrogens is 2. The molecule has 7 nitrogen and oxygen atoms in total. The number of nitrogens with zero attached hydrogens (tertiary/aromatic N) is 2. The molecule has 1 aromatic carbocycles. The van der Waals surface area contributed by atoms with Crippen LogP contribution in [0.5, 0.6) is 0 Å². The highest BCUT2D eigenvalue weighted by Gasteiger charge is 2.52. The summed E-state index contributed by atoms with van der Waals surface area (Å²) in [6.07, 6.45) is 0.417. The van der Waals surface area contributed by atoms with Crippen LogP contribution in [0.3, 0.4) is 0 Å². The number of hydrogen-bond donors (Lipinski definition) is 2. The minimum Gasteiger partial charge on any atom is -0.444 e. The molecule has 1 aromatic heterocycles. The average Bonchev–Trinajstić information content (AvgIpc) is 3.19. The van der Waals surface area contributed by atoms with Crippen molar-refractivity contribution in [1.29, 1.82) is 0 Å². The van der Waals surface area contributed by atoms with Gasteiger partial charge in [-0.15, -0.1) is 0 Å². The lowest BCUT2D eigenvalue weighted by molar-refractivity contribution is -0.119. The number of benzene rings is 1. The highest BCUT2D eigenvalue weighted by Crippen LogP contribution is 2.37. The van der Waals surface area contributed by atoms with Crippen molar-refractivity contribution in [2.75, 3.05) is 5.32 Å². The number of anilines is 1. The highest BCUT2D eigenvalue weighted by molar-refractivity contribution is 6.02. The maximum atomic E-state index is 13.4. The number of halogens is 1. The van der Waals surface area contributed by atoms with Crippen molar-refractivity contribution in [3.8, 4) is 0 Å². The standard InChI is InChI=1S/C17H21FN4O3/c1-16(2,3)25-15(24)21-17(7-8-17)13(23)20-14-19-11-6-5-10(18)9-12(11)22(14)4/h5-6,9H,7-8H2,1-4H3,(H,21,24)(H,19,20,23). The molecule has 0 spiro atoms. The first-order valence-corrected chi connectivity index (χ1v) is 8.04. The molecule has 0 atom stereocenters. The largest absolute Gasteiger partial charge is 0.444 e. The molecule has 0 radical (unpaired) electrons. The van der Waals surface area contributed by atoms with E-state index in [1.807, 2.05) is 0 Å². The highest BCUT2D eigenvalue weighted by atomic mass is 19.1. The van der Waals surface area contributed by atoms with Gasteiger partial charge >= 0.3 is 6.09 Å². The molecular weight excluding hydrogens is 327 g/mol. The van der Waals surface area contributed by atoms with Crippen LogP contribution in [0.15, 0.2) is 18.2 Å². The summed E-state index contributed by atoms with van der Waals surface area (Å²) in [5.41, 5.74) is -0.478. The van der Waals surface area contributed by atoms with E-state index in [9.17, 15) is 14.0 Å². The van der Waals surface area contributed by atoms with Gasteiger partial charge in [0.05, 0.1) is 11.0 Å². The van der Waals surface area contributed by atoms with E-state index in [0.29, 0.717) is 29.8 Å². The minimum absolute atomic E-state index is 0.294. The third-order valence-corrected chi connectivity index (χ3v) is 3.99. The lowest BCUT2D eigenvalue weighted by Crippen LogP contribution is -2.48. The van der Waals surface area contributed by atoms with Crippen LogP contribution in [-0.2, 0) is 16.6 Å². The zero-order valence-electron chi connectivity index (χ0n) is 14.6. The molecule has 0 unspecified atom stereocenters. The fraction of sp³-hybridized carbons (Fsp3) is 0.471. The number of carbonyl (C=O) groups is 2. The first-order valence-electron chi connectivity index (χ1n) is 8.04.